The number of rotatable bonds is 4. The fraction of sp³-hybridized carbons (Fsp3) is 0.231. The van der Waals surface area contributed by atoms with Gasteiger partial charge in [-0.3, -0.25) is 0 Å². The maximum Gasteiger partial charge on any atom is 0.224 e. The minimum Gasteiger partial charge on any atom is -0.354 e. The molecule has 2 N–H and O–H groups in total. The van der Waals surface area contributed by atoms with Gasteiger partial charge in [0.1, 0.15) is 5.82 Å². The number of halogens is 2. The topological polar surface area (TPSA) is 49.8 Å². The van der Waals surface area contributed by atoms with Crippen LogP contribution in [0.5, 0.6) is 0 Å². The molecule has 0 saturated carbocycles. The lowest BCUT2D eigenvalue weighted by Crippen LogP contribution is -2.05. The molecule has 100 valence electrons. The van der Waals surface area contributed by atoms with E-state index in [-0.39, 0.29) is 0 Å². The quantitative estimate of drug-likeness (QED) is 0.885. The van der Waals surface area contributed by atoms with Crippen LogP contribution in [-0.2, 0) is 0 Å². The SMILES string of the molecule is CCNc1nc(C)cc(Nc2c(Cl)cccc2Cl)n1. The molecule has 0 aliphatic carbocycles. The van der Waals surface area contributed by atoms with Crippen LogP contribution in [0.1, 0.15) is 12.6 Å². The molecule has 1 heterocycles. The van der Waals surface area contributed by atoms with Crippen LogP contribution in [0, 0.1) is 6.92 Å². The molecule has 19 heavy (non-hydrogen) atoms. The van der Waals surface area contributed by atoms with E-state index >= 15 is 0 Å². The highest BCUT2D eigenvalue weighted by atomic mass is 35.5. The summed E-state index contributed by atoms with van der Waals surface area (Å²) in [6.07, 6.45) is 0. The summed E-state index contributed by atoms with van der Waals surface area (Å²) in [6.45, 7) is 4.65. The average molecular weight is 297 g/mol. The van der Waals surface area contributed by atoms with E-state index in [9.17, 15) is 0 Å². The molecule has 1 aromatic heterocycles. The Hall–Kier alpha value is -1.52. The van der Waals surface area contributed by atoms with E-state index in [1.165, 1.54) is 0 Å². The lowest BCUT2D eigenvalue weighted by atomic mass is 10.3. The maximum absolute atomic E-state index is 6.11. The third kappa shape index (κ3) is 3.49. The van der Waals surface area contributed by atoms with Gasteiger partial charge in [-0.1, -0.05) is 29.3 Å². The summed E-state index contributed by atoms with van der Waals surface area (Å²) < 4.78 is 0. The van der Waals surface area contributed by atoms with Gasteiger partial charge in [0.05, 0.1) is 15.7 Å². The van der Waals surface area contributed by atoms with Crippen molar-refractivity contribution in [2.45, 2.75) is 13.8 Å². The van der Waals surface area contributed by atoms with Crippen molar-refractivity contribution in [2.24, 2.45) is 0 Å². The average Bonchev–Trinajstić information content (AvgIpc) is 2.34. The number of nitrogens with zero attached hydrogens (tertiary/aromatic N) is 2. The van der Waals surface area contributed by atoms with Gasteiger partial charge < -0.3 is 10.6 Å². The predicted octanol–water partition coefficient (Wildman–Crippen LogP) is 4.27. The molecule has 0 fully saturated rings. The van der Waals surface area contributed by atoms with Gasteiger partial charge >= 0.3 is 0 Å². The Morgan fingerprint density at radius 1 is 1.16 bits per heavy atom. The Labute approximate surface area is 122 Å². The summed E-state index contributed by atoms with van der Waals surface area (Å²) in [5.41, 5.74) is 1.50. The molecule has 0 saturated heterocycles. The molecule has 0 amide bonds. The number of aryl methyl sites for hydroxylation is 1. The Balaban J connectivity index is 2.33. The Bertz CT molecular complexity index is 567. The minimum atomic E-state index is 0.550. The first-order valence-electron chi connectivity index (χ1n) is 5.90. The van der Waals surface area contributed by atoms with Crippen LogP contribution in [0.15, 0.2) is 24.3 Å². The van der Waals surface area contributed by atoms with Crippen LogP contribution in [0.25, 0.3) is 0 Å². The monoisotopic (exact) mass is 296 g/mol. The van der Waals surface area contributed by atoms with Gasteiger partial charge in [0, 0.05) is 18.3 Å². The van der Waals surface area contributed by atoms with Crippen LogP contribution >= 0.6 is 23.2 Å². The molecule has 6 heteroatoms. The molecule has 0 spiro atoms. The molecule has 0 aliphatic rings. The molecular formula is C13H14Cl2N4. The van der Waals surface area contributed by atoms with Crippen LogP contribution < -0.4 is 10.6 Å². The van der Waals surface area contributed by atoms with E-state index in [4.69, 9.17) is 23.2 Å². The van der Waals surface area contributed by atoms with Crippen LogP contribution in [-0.4, -0.2) is 16.5 Å². The van der Waals surface area contributed by atoms with Gasteiger partial charge in [-0.15, -0.1) is 0 Å². The van der Waals surface area contributed by atoms with Gasteiger partial charge in [0.2, 0.25) is 5.95 Å². The molecule has 4 nitrogen and oxygen atoms in total. The van der Waals surface area contributed by atoms with E-state index in [0.29, 0.717) is 27.5 Å². The molecule has 0 radical (unpaired) electrons. The lowest BCUT2D eigenvalue weighted by molar-refractivity contribution is 1.05. The fourth-order valence-electron chi connectivity index (χ4n) is 1.62. The molecule has 0 unspecified atom stereocenters. The molecule has 0 atom stereocenters. The molecule has 1 aromatic carbocycles. The zero-order valence-electron chi connectivity index (χ0n) is 10.7. The van der Waals surface area contributed by atoms with Crippen molar-refractivity contribution < 1.29 is 0 Å². The second-order valence-corrected chi connectivity index (χ2v) is 4.78. The number of benzene rings is 1. The number of anilines is 3. The first kappa shape index (κ1) is 13.9. The third-order valence-corrected chi connectivity index (χ3v) is 3.03. The molecule has 2 aromatic rings. The maximum atomic E-state index is 6.11. The summed E-state index contributed by atoms with van der Waals surface area (Å²) in [4.78, 5) is 8.63. The molecule has 0 aliphatic heterocycles. The number of hydrogen-bond acceptors (Lipinski definition) is 4. The van der Waals surface area contributed by atoms with Gasteiger partial charge in [0.15, 0.2) is 0 Å². The smallest absolute Gasteiger partial charge is 0.224 e. The molecule has 0 bridgehead atoms. The fourth-order valence-corrected chi connectivity index (χ4v) is 2.11. The van der Waals surface area contributed by atoms with Crippen molar-refractivity contribution in [3.05, 3.63) is 40.0 Å². The summed E-state index contributed by atoms with van der Waals surface area (Å²) in [7, 11) is 0. The Morgan fingerprint density at radius 2 is 1.84 bits per heavy atom. The number of hydrogen-bond donors (Lipinski definition) is 2. The van der Waals surface area contributed by atoms with E-state index in [1.54, 1.807) is 18.2 Å². The highest BCUT2D eigenvalue weighted by Crippen LogP contribution is 2.32. The first-order valence-corrected chi connectivity index (χ1v) is 6.66. The van der Waals surface area contributed by atoms with E-state index in [0.717, 1.165) is 12.2 Å². The zero-order valence-corrected chi connectivity index (χ0v) is 12.2. The van der Waals surface area contributed by atoms with Gasteiger partial charge in [-0.2, -0.15) is 4.98 Å². The standard InChI is InChI=1S/C13H14Cl2N4/c1-3-16-13-17-8(2)7-11(19-13)18-12-9(14)5-4-6-10(12)15/h4-7H,3H2,1-2H3,(H2,16,17,18,19). The van der Waals surface area contributed by atoms with E-state index in [2.05, 4.69) is 20.6 Å². The normalized spacial score (nSPS) is 10.3. The molecule has 2 rings (SSSR count). The zero-order chi connectivity index (χ0) is 13.8. The van der Waals surface area contributed by atoms with Crippen LogP contribution in [0.4, 0.5) is 17.5 Å². The second kappa shape index (κ2) is 6.08. The van der Waals surface area contributed by atoms with Gasteiger partial charge in [0.25, 0.3) is 0 Å². The summed E-state index contributed by atoms with van der Waals surface area (Å²) in [5.74, 6) is 1.23. The van der Waals surface area contributed by atoms with Crippen molar-refractivity contribution in [3.8, 4) is 0 Å². The van der Waals surface area contributed by atoms with Crippen LogP contribution in [0.3, 0.4) is 0 Å². The largest absolute Gasteiger partial charge is 0.354 e. The Morgan fingerprint density at radius 3 is 2.47 bits per heavy atom. The number of para-hydroxylation sites is 1. The summed E-state index contributed by atoms with van der Waals surface area (Å²) in [6, 6.07) is 7.18. The highest BCUT2D eigenvalue weighted by Gasteiger charge is 2.08. The highest BCUT2D eigenvalue weighted by molar-refractivity contribution is 6.39. The summed E-state index contributed by atoms with van der Waals surface area (Å²) >= 11 is 12.2. The van der Waals surface area contributed by atoms with Crippen molar-refractivity contribution in [1.29, 1.82) is 0 Å². The van der Waals surface area contributed by atoms with E-state index in [1.807, 2.05) is 19.9 Å². The number of nitrogens with one attached hydrogen (secondary N) is 2. The van der Waals surface area contributed by atoms with E-state index < -0.39 is 0 Å². The number of aromatic nitrogens is 2. The van der Waals surface area contributed by atoms with Crippen molar-refractivity contribution in [2.75, 3.05) is 17.2 Å². The van der Waals surface area contributed by atoms with Crippen LogP contribution in [0.2, 0.25) is 10.0 Å². The second-order valence-electron chi connectivity index (χ2n) is 3.97. The lowest BCUT2D eigenvalue weighted by Gasteiger charge is -2.11. The predicted molar refractivity (Wildman–Crippen MR) is 80.7 cm³/mol. The van der Waals surface area contributed by atoms with Crippen molar-refractivity contribution in [1.82, 2.24) is 9.97 Å². The van der Waals surface area contributed by atoms with Gasteiger partial charge in [-0.05, 0) is 26.0 Å². The Kier molecular flexibility index (Phi) is 4.45. The van der Waals surface area contributed by atoms with Crippen molar-refractivity contribution in [3.63, 3.8) is 0 Å². The third-order valence-electron chi connectivity index (χ3n) is 2.40. The first-order chi connectivity index (χ1) is 9.10. The molecular weight excluding hydrogens is 283 g/mol. The van der Waals surface area contributed by atoms with Crippen molar-refractivity contribution >= 4 is 40.7 Å². The minimum absolute atomic E-state index is 0.550. The van der Waals surface area contributed by atoms with Gasteiger partial charge in [-0.25, -0.2) is 4.98 Å². The summed E-state index contributed by atoms with van der Waals surface area (Å²) in [5, 5.41) is 7.30.